The summed E-state index contributed by atoms with van der Waals surface area (Å²) < 4.78 is 0. The number of carbonyl (C=O) groups excluding carboxylic acids is 1. The Morgan fingerprint density at radius 1 is 1.17 bits per heavy atom. The van der Waals surface area contributed by atoms with E-state index in [-0.39, 0.29) is 11.6 Å². The Morgan fingerprint density at radius 2 is 1.92 bits per heavy atom. The molecule has 0 heterocycles. The number of hydrogen-bond acceptors (Lipinski definition) is 3. The summed E-state index contributed by atoms with van der Waals surface area (Å²) in [5.41, 5.74) is 4.39. The first-order valence-electron chi connectivity index (χ1n) is 7.90. The maximum Gasteiger partial charge on any atom is 0.269 e. The molecule has 0 unspecified atom stereocenters. The van der Waals surface area contributed by atoms with Crippen LogP contribution in [0.15, 0.2) is 42.5 Å². The van der Waals surface area contributed by atoms with Gasteiger partial charge < -0.3 is 4.90 Å². The van der Waals surface area contributed by atoms with Gasteiger partial charge in [0.1, 0.15) is 0 Å². The van der Waals surface area contributed by atoms with Crippen LogP contribution in [0.2, 0.25) is 0 Å². The highest BCUT2D eigenvalue weighted by molar-refractivity contribution is 5.76. The average Bonchev–Trinajstić information content (AvgIpc) is 2.54. The first kappa shape index (κ1) is 17.7. The molecule has 0 aliphatic heterocycles. The van der Waals surface area contributed by atoms with Gasteiger partial charge in [-0.05, 0) is 37.0 Å². The molecule has 2 aromatic rings. The number of aryl methyl sites for hydroxylation is 3. The summed E-state index contributed by atoms with van der Waals surface area (Å²) in [6.07, 6.45) is 1.12. The minimum absolute atomic E-state index is 0.0291. The number of amides is 1. The van der Waals surface area contributed by atoms with E-state index in [0.717, 1.165) is 5.56 Å². The molecule has 0 bridgehead atoms. The predicted molar refractivity (Wildman–Crippen MR) is 93.8 cm³/mol. The second-order valence-corrected chi connectivity index (χ2v) is 6.11. The van der Waals surface area contributed by atoms with Gasteiger partial charge in [0.15, 0.2) is 0 Å². The second kappa shape index (κ2) is 7.73. The number of carbonyl (C=O) groups is 1. The topological polar surface area (TPSA) is 63.5 Å². The van der Waals surface area contributed by atoms with Crippen molar-refractivity contribution in [1.82, 2.24) is 4.90 Å². The Kier molecular flexibility index (Phi) is 5.68. The molecule has 0 saturated heterocycles. The molecule has 2 aromatic carbocycles. The second-order valence-electron chi connectivity index (χ2n) is 6.11. The Balaban J connectivity index is 1.94. The quantitative estimate of drug-likeness (QED) is 0.599. The van der Waals surface area contributed by atoms with Crippen LogP contribution in [0.4, 0.5) is 5.69 Å². The van der Waals surface area contributed by atoms with Gasteiger partial charge in [0, 0.05) is 32.1 Å². The van der Waals surface area contributed by atoms with Gasteiger partial charge in [-0.2, -0.15) is 0 Å². The molecular weight excluding hydrogens is 304 g/mol. The number of nitro benzene ring substituents is 1. The summed E-state index contributed by atoms with van der Waals surface area (Å²) in [6, 6.07) is 12.6. The van der Waals surface area contributed by atoms with Crippen molar-refractivity contribution in [1.29, 1.82) is 0 Å². The van der Waals surface area contributed by atoms with Crippen LogP contribution in [0.1, 0.15) is 28.7 Å². The van der Waals surface area contributed by atoms with Crippen LogP contribution in [-0.4, -0.2) is 22.8 Å². The van der Waals surface area contributed by atoms with E-state index < -0.39 is 4.92 Å². The molecule has 0 saturated carbocycles. The molecule has 5 heteroatoms. The van der Waals surface area contributed by atoms with Crippen molar-refractivity contribution in [2.45, 2.75) is 33.2 Å². The van der Waals surface area contributed by atoms with Gasteiger partial charge in [-0.3, -0.25) is 14.9 Å². The number of nitro groups is 1. The summed E-state index contributed by atoms with van der Waals surface area (Å²) in [7, 11) is 1.73. The van der Waals surface area contributed by atoms with Gasteiger partial charge >= 0.3 is 0 Å². The lowest BCUT2D eigenvalue weighted by Gasteiger charge is -2.17. The zero-order valence-corrected chi connectivity index (χ0v) is 14.3. The molecule has 0 aliphatic rings. The first-order chi connectivity index (χ1) is 11.4. The van der Waals surface area contributed by atoms with Gasteiger partial charge in [0.2, 0.25) is 5.91 Å². The minimum atomic E-state index is -0.425. The van der Waals surface area contributed by atoms with Crippen molar-refractivity contribution < 1.29 is 9.72 Å². The van der Waals surface area contributed by atoms with E-state index in [1.54, 1.807) is 24.1 Å². The van der Waals surface area contributed by atoms with Crippen molar-refractivity contribution in [2.24, 2.45) is 0 Å². The van der Waals surface area contributed by atoms with Crippen molar-refractivity contribution >= 4 is 11.6 Å². The molecule has 5 nitrogen and oxygen atoms in total. The molecule has 24 heavy (non-hydrogen) atoms. The molecule has 0 spiro atoms. The van der Waals surface area contributed by atoms with Crippen LogP contribution in [0.3, 0.4) is 0 Å². The van der Waals surface area contributed by atoms with E-state index in [4.69, 9.17) is 0 Å². The summed E-state index contributed by atoms with van der Waals surface area (Å²) in [5, 5.41) is 10.8. The van der Waals surface area contributed by atoms with E-state index >= 15 is 0 Å². The highest BCUT2D eigenvalue weighted by Gasteiger charge is 2.12. The van der Waals surface area contributed by atoms with Crippen molar-refractivity contribution in [3.63, 3.8) is 0 Å². The fourth-order valence-electron chi connectivity index (χ4n) is 2.69. The monoisotopic (exact) mass is 326 g/mol. The average molecular weight is 326 g/mol. The molecule has 126 valence electrons. The largest absolute Gasteiger partial charge is 0.341 e. The van der Waals surface area contributed by atoms with E-state index in [0.29, 0.717) is 19.4 Å². The molecule has 0 radical (unpaired) electrons. The summed E-state index contributed by atoms with van der Waals surface area (Å²) in [5.74, 6) is 0.0291. The van der Waals surface area contributed by atoms with Crippen LogP contribution in [0.5, 0.6) is 0 Å². The lowest BCUT2D eigenvalue weighted by atomic mass is 10.0. The van der Waals surface area contributed by atoms with Crippen LogP contribution >= 0.6 is 0 Å². The zero-order valence-electron chi connectivity index (χ0n) is 14.3. The van der Waals surface area contributed by atoms with Crippen molar-refractivity contribution in [3.05, 3.63) is 74.8 Å². The fraction of sp³-hybridized carbons (Fsp3) is 0.316. The molecular formula is C19H22N2O3. The lowest BCUT2D eigenvalue weighted by molar-refractivity contribution is -0.384. The summed E-state index contributed by atoms with van der Waals surface area (Å²) in [6.45, 7) is 4.47. The first-order valence-corrected chi connectivity index (χ1v) is 7.90. The van der Waals surface area contributed by atoms with E-state index in [1.165, 1.54) is 28.8 Å². The van der Waals surface area contributed by atoms with Crippen LogP contribution < -0.4 is 0 Å². The van der Waals surface area contributed by atoms with Gasteiger partial charge in [-0.25, -0.2) is 0 Å². The van der Waals surface area contributed by atoms with Gasteiger partial charge in [0.25, 0.3) is 5.69 Å². The van der Waals surface area contributed by atoms with E-state index in [9.17, 15) is 14.9 Å². The molecule has 0 aliphatic carbocycles. The minimum Gasteiger partial charge on any atom is -0.341 e. The lowest BCUT2D eigenvalue weighted by Crippen LogP contribution is -2.26. The third-order valence-corrected chi connectivity index (χ3v) is 4.07. The van der Waals surface area contributed by atoms with Crippen LogP contribution in [0, 0.1) is 24.0 Å². The van der Waals surface area contributed by atoms with Gasteiger partial charge in [-0.15, -0.1) is 0 Å². The Labute approximate surface area is 142 Å². The predicted octanol–water partition coefficient (Wildman–Crippen LogP) is 3.80. The molecule has 1 amide bonds. The molecule has 0 atom stereocenters. The molecule has 0 aromatic heterocycles. The number of rotatable bonds is 6. The fourth-order valence-corrected chi connectivity index (χ4v) is 2.69. The highest BCUT2D eigenvalue weighted by Crippen LogP contribution is 2.16. The van der Waals surface area contributed by atoms with Crippen molar-refractivity contribution in [2.75, 3.05) is 7.05 Å². The highest BCUT2D eigenvalue weighted by atomic mass is 16.6. The maximum atomic E-state index is 12.3. The van der Waals surface area contributed by atoms with E-state index in [2.05, 4.69) is 32.0 Å². The number of non-ortho nitro benzene ring substituents is 1. The standard InChI is InChI=1S/C19H22N2O3/c1-14-7-8-17(15(2)11-14)9-10-19(22)20(3)13-16-5-4-6-18(12-16)21(23)24/h4-8,11-12H,9-10,13H2,1-3H3. The number of hydrogen-bond donors (Lipinski definition) is 0. The molecule has 0 N–H and O–H groups in total. The SMILES string of the molecule is Cc1ccc(CCC(=O)N(C)Cc2cccc([N+](=O)[O-])c2)c(C)c1. The Hall–Kier alpha value is -2.69. The van der Waals surface area contributed by atoms with Crippen molar-refractivity contribution in [3.8, 4) is 0 Å². The van der Waals surface area contributed by atoms with Gasteiger partial charge in [-0.1, -0.05) is 35.9 Å². The summed E-state index contributed by atoms with van der Waals surface area (Å²) in [4.78, 5) is 24.3. The molecule has 0 fully saturated rings. The maximum absolute atomic E-state index is 12.3. The Morgan fingerprint density at radius 3 is 2.58 bits per heavy atom. The zero-order chi connectivity index (χ0) is 17.7. The normalized spacial score (nSPS) is 10.5. The third kappa shape index (κ3) is 4.65. The Bertz CT molecular complexity index is 756. The van der Waals surface area contributed by atoms with Crippen LogP contribution in [0.25, 0.3) is 0 Å². The summed E-state index contributed by atoms with van der Waals surface area (Å²) >= 11 is 0. The smallest absolute Gasteiger partial charge is 0.269 e. The van der Waals surface area contributed by atoms with E-state index in [1.807, 2.05) is 0 Å². The van der Waals surface area contributed by atoms with Crippen LogP contribution in [-0.2, 0) is 17.8 Å². The third-order valence-electron chi connectivity index (χ3n) is 4.07. The number of nitrogens with zero attached hydrogens (tertiary/aromatic N) is 2. The number of benzene rings is 2. The molecule has 2 rings (SSSR count). The van der Waals surface area contributed by atoms with Gasteiger partial charge in [0.05, 0.1) is 4.92 Å².